The molecule has 3 aromatic carbocycles. The lowest BCUT2D eigenvalue weighted by atomic mass is 10.1. The second kappa shape index (κ2) is 8.11. The molecule has 126 valence electrons. The molecule has 0 aliphatic carbocycles. The van der Waals surface area contributed by atoms with Gasteiger partial charge in [-0.25, -0.2) is 0 Å². The van der Waals surface area contributed by atoms with E-state index in [1.54, 1.807) is 0 Å². The van der Waals surface area contributed by atoms with Crippen molar-refractivity contribution < 1.29 is 14.3 Å². The first-order valence-corrected chi connectivity index (χ1v) is 8.14. The summed E-state index contributed by atoms with van der Waals surface area (Å²) in [6.07, 6.45) is 0.249. The minimum absolute atomic E-state index is 0.126. The maximum Gasteiger partial charge on any atom is 0.325 e. The third-order valence-corrected chi connectivity index (χ3v) is 3.85. The highest BCUT2D eigenvalue weighted by molar-refractivity contribution is 5.84. The highest BCUT2D eigenvalue weighted by Gasteiger charge is 2.08. The van der Waals surface area contributed by atoms with E-state index in [0.29, 0.717) is 0 Å². The molecular formula is C21H19NO3. The van der Waals surface area contributed by atoms with Crippen LogP contribution in [0.2, 0.25) is 0 Å². The molecule has 0 bridgehead atoms. The second-order valence-electron chi connectivity index (χ2n) is 5.78. The summed E-state index contributed by atoms with van der Waals surface area (Å²) in [5.74, 6) is -0.650. The van der Waals surface area contributed by atoms with Gasteiger partial charge < -0.3 is 10.1 Å². The second-order valence-corrected chi connectivity index (χ2v) is 5.78. The summed E-state index contributed by atoms with van der Waals surface area (Å²) < 4.78 is 5.22. The largest absolute Gasteiger partial charge is 0.460 e. The first-order valence-electron chi connectivity index (χ1n) is 8.14. The van der Waals surface area contributed by atoms with Gasteiger partial charge in [-0.2, -0.15) is 0 Å². The molecule has 0 aliphatic heterocycles. The van der Waals surface area contributed by atoms with E-state index in [-0.39, 0.29) is 25.5 Å². The molecule has 0 saturated carbocycles. The van der Waals surface area contributed by atoms with Gasteiger partial charge >= 0.3 is 5.97 Å². The van der Waals surface area contributed by atoms with Crippen LogP contribution in [0.3, 0.4) is 0 Å². The van der Waals surface area contributed by atoms with Crippen LogP contribution in [0.15, 0.2) is 72.8 Å². The van der Waals surface area contributed by atoms with Gasteiger partial charge in [0.15, 0.2) is 0 Å². The Morgan fingerprint density at radius 1 is 0.800 bits per heavy atom. The zero-order valence-electron chi connectivity index (χ0n) is 13.8. The van der Waals surface area contributed by atoms with Crippen molar-refractivity contribution in [2.45, 2.75) is 13.0 Å². The Morgan fingerprint density at radius 2 is 1.52 bits per heavy atom. The monoisotopic (exact) mass is 333 g/mol. The summed E-state index contributed by atoms with van der Waals surface area (Å²) in [5, 5.41) is 4.83. The summed E-state index contributed by atoms with van der Waals surface area (Å²) >= 11 is 0. The number of hydrogen-bond donors (Lipinski definition) is 1. The van der Waals surface area contributed by atoms with Crippen LogP contribution >= 0.6 is 0 Å². The Kier molecular flexibility index (Phi) is 5.42. The molecule has 0 heterocycles. The van der Waals surface area contributed by atoms with Crippen molar-refractivity contribution in [3.8, 4) is 0 Å². The topological polar surface area (TPSA) is 55.4 Å². The Morgan fingerprint density at radius 3 is 2.32 bits per heavy atom. The molecule has 1 N–H and O–H groups in total. The van der Waals surface area contributed by atoms with Gasteiger partial charge in [-0.3, -0.25) is 9.59 Å². The van der Waals surface area contributed by atoms with Crippen LogP contribution in [0.5, 0.6) is 0 Å². The van der Waals surface area contributed by atoms with Crippen molar-refractivity contribution in [2.75, 3.05) is 6.54 Å². The molecule has 0 radical (unpaired) electrons. The summed E-state index contributed by atoms with van der Waals surface area (Å²) in [7, 11) is 0. The first-order chi connectivity index (χ1) is 12.2. The predicted molar refractivity (Wildman–Crippen MR) is 96.9 cm³/mol. The van der Waals surface area contributed by atoms with E-state index in [2.05, 4.69) is 5.32 Å². The average molecular weight is 333 g/mol. The zero-order valence-corrected chi connectivity index (χ0v) is 13.8. The summed E-state index contributed by atoms with van der Waals surface area (Å²) in [4.78, 5) is 23.6. The van der Waals surface area contributed by atoms with Gasteiger partial charge in [-0.05, 0) is 28.0 Å². The highest BCUT2D eigenvalue weighted by atomic mass is 16.5. The molecule has 25 heavy (non-hydrogen) atoms. The van der Waals surface area contributed by atoms with E-state index in [9.17, 15) is 9.59 Å². The van der Waals surface area contributed by atoms with Crippen LogP contribution in [0.4, 0.5) is 0 Å². The predicted octanol–water partition coefficient (Wildman–Crippen LogP) is 3.24. The number of benzene rings is 3. The van der Waals surface area contributed by atoms with Gasteiger partial charge in [-0.15, -0.1) is 0 Å². The maximum atomic E-state index is 11.8. The SMILES string of the molecule is O=C(Cc1ccccc1)NCC(=O)OCc1ccc2ccccc2c1. The number of carbonyl (C=O) groups is 2. The fraction of sp³-hybridized carbons (Fsp3) is 0.143. The van der Waals surface area contributed by atoms with Gasteiger partial charge in [0.05, 0.1) is 6.42 Å². The Bertz CT molecular complexity index is 874. The van der Waals surface area contributed by atoms with Gasteiger partial charge in [0.2, 0.25) is 5.91 Å². The molecule has 4 heteroatoms. The molecule has 0 atom stereocenters. The van der Waals surface area contributed by atoms with Crippen LogP contribution in [0.1, 0.15) is 11.1 Å². The number of amides is 1. The van der Waals surface area contributed by atoms with Crippen molar-refractivity contribution >= 4 is 22.6 Å². The quantitative estimate of drug-likeness (QED) is 0.705. The molecule has 0 unspecified atom stereocenters. The molecule has 4 nitrogen and oxygen atoms in total. The fourth-order valence-electron chi connectivity index (χ4n) is 2.56. The maximum absolute atomic E-state index is 11.8. The third kappa shape index (κ3) is 4.91. The van der Waals surface area contributed by atoms with Crippen molar-refractivity contribution in [3.63, 3.8) is 0 Å². The molecule has 3 rings (SSSR count). The summed E-state index contributed by atoms with van der Waals surface area (Å²) in [6, 6.07) is 23.3. The lowest BCUT2D eigenvalue weighted by Crippen LogP contribution is -2.31. The summed E-state index contributed by atoms with van der Waals surface area (Å²) in [6.45, 7) is 0.0669. The lowest BCUT2D eigenvalue weighted by molar-refractivity contribution is -0.145. The van der Waals surface area contributed by atoms with Gasteiger partial charge in [0.25, 0.3) is 0 Å². The van der Waals surface area contributed by atoms with Crippen LogP contribution in [0, 0.1) is 0 Å². The Labute approximate surface area is 146 Å². The number of ether oxygens (including phenoxy) is 1. The number of hydrogen-bond acceptors (Lipinski definition) is 3. The van der Waals surface area contributed by atoms with Crippen LogP contribution in [-0.4, -0.2) is 18.4 Å². The standard InChI is InChI=1S/C21H19NO3/c23-20(13-16-6-2-1-3-7-16)22-14-21(24)25-15-17-10-11-18-8-4-5-9-19(18)12-17/h1-12H,13-15H2,(H,22,23). The van der Waals surface area contributed by atoms with Crippen LogP contribution in [-0.2, 0) is 27.4 Å². The highest BCUT2D eigenvalue weighted by Crippen LogP contribution is 2.16. The molecule has 3 aromatic rings. The van der Waals surface area contributed by atoms with Gasteiger partial charge in [0.1, 0.15) is 13.2 Å². The van der Waals surface area contributed by atoms with E-state index >= 15 is 0 Å². The van der Waals surface area contributed by atoms with E-state index < -0.39 is 5.97 Å². The van der Waals surface area contributed by atoms with E-state index in [1.807, 2.05) is 72.8 Å². The van der Waals surface area contributed by atoms with E-state index in [0.717, 1.165) is 21.9 Å². The van der Waals surface area contributed by atoms with Crippen molar-refractivity contribution in [1.82, 2.24) is 5.32 Å². The van der Waals surface area contributed by atoms with Gasteiger partial charge in [-0.1, -0.05) is 66.7 Å². The molecule has 0 spiro atoms. The minimum Gasteiger partial charge on any atom is -0.460 e. The third-order valence-electron chi connectivity index (χ3n) is 3.85. The van der Waals surface area contributed by atoms with Crippen LogP contribution < -0.4 is 5.32 Å². The lowest BCUT2D eigenvalue weighted by Gasteiger charge is -2.08. The van der Waals surface area contributed by atoms with Crippen molar-refractivity contribution in [2.24, 2.45) is 0 Å². The Hall–Kier alpha value is -3.14. The molecule has 0 aliphatic rings. The number of nitrogens with one attached hydrogen (secondary N) is 1. The molecule has 0 saturated heterocycles. The number of carbonyl (C=O) groups excluding carboxylic acids is 2. The van der Waals surface area contributed by atoms with E-state index in [1.165, 1.54) is 0 Å². The Balaban J connectivity index is 1.45. The number of rotatable bonds is 6. The zero-order chi connectivity index (χ0) is 17.5. The number of esters is 1. The normalized spacial score (nSPS) is 10.4. The van der Waals surface area contributed by atoms with Gasteiger partial charge in [0, 0.05) is 0 Å². The van der Waals surface area contributed by atoms with Crippen LogP contribution in [0.25, 0.3) is 10.8 Å². The minimum atomic E-state index is -0.449. The summed E-state index contributed by atoms with van der Waals surface area (Å²) in [5.41, 5.74) is 1.83. The first kappa shape index (κ1) is 16.7. The molecule has 1 amide bonds. The molecule has 0 aromatic heterocycles. The smallest absolute Gasteiger partial charge is 0.325 e. The average Bonchev–Trinajstić information content (AvgIpc) is 2.65. The molecule has 0 fully saturated rings. The fourth-order valence-corrected chi connectivity index (χ4v) is 2.56. The van der Waals surface area contributed by atoms with E-state index in [4.69, 9.17) is 4.74 Å². The van der Waals surface area contributed by atoms with Crippen molar-refractivity contribution in [3.05, 3.63) is 83.9 Å². The number of fused-ring (bicyclic) bond motifs is 1. The molecular weight excluding hydrogens is 314 g/mol. The van der Waals surface area contributed by atoms with Crippen molar-refractivity contribution in [1.29, 1.82) is 0 Å².